The van der Waals surface area contributed by atoms with Crippen LogP contribution in [0.2, 0.25) is 0 Å². The second-order valence-electron chi connectivity index (χ2n) is 4.50. The van der Waals surface area contributed by atoms with Gasteiger partial charge >= 0.3 is 0 Å². The minimum absolute atomic E-state index is 0.164. The highest BCUT2D eigenvalue weighted by Gasteiger charge is 2.22. The molecule has 3 heteroatoms. The molecule has 1 fully saturated rings. The summed E-state index contributed by atoms with van der Waals surface area (Å²) in [6, 6.07) is 2.28. The molecule has 3 nitrogen and oxygen atoms in total. The van der Waals surface area contributed by atoms with Crippen LogP contribution in [0.25, 0.3) is 0 Å². The van der Waals surface area contributed by atoms with Crippen molar-refractivity contribution in [2.75, 3.05) is 13.1 Å². The van der Waals surface area contributed by atoms with Gasteiger partial charge < -0.3 is 4.90 Å². The van der Waals surface area contributed by atoms with Gasteiger partial charge in [0.1, 0.15) is 0 Å². The second kappa shape index (κ2) is 5.75. The molecule has 0 aromatic carbocycles. The van der Waals surface area contributed by atoms with E-state index in [1.54, 1.807) is 0 Å². The van der Waals surface area contributed by atoms with Gasteiger partial charge in [0.15, 0.2) is 0 Å². The normalized spacial score (nSPS) is 19.7. The van der Waals surface area contributed by atoms with Crippen molar-refractivity contribution in [1.82, 2.24) is 4.90 Å². The molecule has 1 aliphatic heterocycles. The van der Waals surface area contributed by atoms with Crippen LogP contribution in [0.4, 0.5) is 0 Å². The molecule has 1 saturated heterocycles. The zero-order chi connectivity index (χ0) is 11.3. The van der Waals surface area contributed by atoms with Crippen molar-refractivity contribution < 1.29 is 4.79 Å². The van der Waals surface area contributed by atoms with E-state index in [4.69, 9.17) is 5.26 Å². The maximum Gasteiger partial charge on any atom is 0.222 e. The number of carbonyl (C=O) groups excluding carboxylic acids is 1. The summed E-state index contributed by atoms with van der Waals surface area (Å²) in [4.78, 5) is 13.7. The highest BCUT2D eigenvalue weighted by Crippen LogP contribution is 2.18. The lowest BCUT2D eigenvalue weighted by Gasteiger charge is -2.29. The number of piperidine rings is 1. The third-order valence-corrected chi connectivity index (χ3v) is 3.25. The number of carbonyl (C=O) groups is 1. The Morgan fingerprint density at radius 2 is 2.13 bits per heavy atom. The summed E-state index contributed by atoms with van der Waals surface area (Å²) in [7, 11) is 0. The molecule has 1 heterocycles. The summed E-state index contributed by atoms with van der Waals surface area (Å²) in [6.07, 6.45) is 3.42. The Morgan fingerprint density at radius 1 is 1.53 bits per heavy atom. The quantitative estimate of drug-likeness (QED) is 0.713. The van der Waals surface area contributed by atoms with Crippen molar-refractivity contribution in [3.05, 3.63) is 0 Å². The van der Waals surface area contributed by atoms with Gasteiger partial charge in [0.25, 0.3) is 0 Å². The molecule has 0 aromatic heterocycles. The van der Waals surface area contributed by atoms with Gasteiger partial charge in [-0.25, -0.2) is 0 Å². The maximum atomic E-state index is 11.8. The molecule has 1 amide bonds. The Hall–Kier alpha value is -1.04. The van der Waals surface area contributed by atoms with Crippen molar-refractivity contribution >= 4 is 5.91 Å². The SMILES string of the molecule is CCC(C)CC(=O)N1CCC(C#N)CC1. The van der Waals surface area contributed by atoms with Crippen LogP contribution in [0.1, 0.15) is 39.5 Å². The molecule has 0 radical (unpaired) electrons. The van der Waals surface area contributed by atoms with Crippen LogP contribution in [0, 0.1) is 23.2 Å². The molecule has 1 unspecified atom stereocenters. The fraction of sp³-hybridized carbons (Fsp3) is 0.833. The van der Waals surface area contributed by atoms with E-state index in [-0.39, 0.29) is 11.8 Å². The Balaban J connectivity index is 2.34. The number of nitriles is 1. The standard InChI is InChI=1S/C12H20N2O/c1-3-10(2)8-12(15)14-6-4-11(9-13)5-7-14/h10-11H,3-8H2,1-2H3. The molecule has 0 aliphatic carbocycles. The number of rotatable bonds is 3. The molecule has 0 spiro atoms. The van der Waals surface area contributed by atoms with E-state index < -0.39 is 0 Å². The minimum atomic E-state index is 0.164. The highest BCUT2D eigenvalue weighted by molar-refractivity contribution is 5.76. The van der Waals surface area contributed by atoms with Crippen molar-refractivity contribution in [2.24, 2.45) is 11.8 Å². The molecule has 0 bridgehead atoms. The first-order chi connectivity index (χ1) is 7.17. The van der Waals surface area contributed by atoms with E-state index in [1.165, 1.54) is 0 Å². The van der Waals surface area contributed by atoms with Crippen LogP contribution in [-0.2, 0) is 4.79 Å². The third-order valence-electron chi connectivity index (χ3n) is 3.25. The van der Waals surface area contributed by atoms with Crippen LogP contribution in [0.15, 0.2) is 0 Å². The Labute approximate surface area is 92.1 Å². The summed E-state index contributed by atoms with van der Waals surface area (Å²) in [5.41, 5.74) is 0. The van der Waals surface area contributed by atoms with Gasteiger partial charge in [-0.3, -0.25) is 4.79 Å². The van der Waals surface area contributed by atoms with Crippen LogP contribution >= 0.6 is 0 Å². The van der Waals surface area contributed by atoms with Gasteiger partial charge in [0.2, 0.25) is 5.91 Å². The number of hydrogen-bond donors (Lipinski definition) is 0. The van der Waals surface area contributed by atoms with E-state index in [2.05, 4.69) is 19.9 Å². The predicted molar refractivity (Wildman–Crippen MR) is 59.0 cm³/mol. The lowest BCUT2D eigenvalue weighted by Crippen LogP contribution is -2.38. The molecule has 0 N–H and O–H groups in total. The van der Waals surface area contributed by atoms with E-state index in [0.29, 0.717) is 12.3 Å². The van der Waals surface area contributed by atoms with Gasteiger partial charge in [0, 0.05) is 25.4 Å². The first-order valence-electron chi connectivity index (χ1n) is 5.84. The summed E-state index contributed by atoms with van der Waals surface area (Å²) in [6.45, 7) is 5.76. The average Bonchev–Trinajstić information content (AvgIpc) is 2.29. The molecular formula is C12H20N2O. The van der Waals surface area contributed by atoms with Gasteiger partial charge in [-0.1, -0.05) is 20.3 Å². The number of nitrogens with zero attached hydrogens (tertiary/aromatic N) is 2. The van der Waals surface area contributed by atoms with Crippen LogP contribution in [0.3, 0.4) is 0 Å². The number of amides is 1. The molecule has 15 heavy (non-hydrogen) atoms. The zero-order valence-electron chi connectivity index (χ0n) is 9.70. The lowest BCUT2D eigenvalue weighted by molar-refractivity contribution is -0.133. The summed E-state index contributed by atoms with van der Waals surface area (Å²) < 4.78 is 0. The van der Waals surface area contributed by atoms with Gasteiger partial charge in [-0.05, 0) is 18.8 Å². The van der Waals surface area contributed by atoms with E-state index in [0.717, 1.165) is 32.4 Å². The van der Waals surface area contributed by atoms with Crippen molar-refractivity contribution in [3.63, 3.8) is 0 Å². The highest BCUT2D eigenvalue weighted by atomic mass is 16.2. The van der Waals surface area contributed by atoms with Crippen molar-refractivity contribution in [3.8, 4) is 6.07 Å². The first kappa shape index (κ1) is 12.0. The fourth-order valence-corrected chi connectivity index (χ4v) is 1.83. The number of likely N-dealkylation sites (tertiary alicyclic amines) is 1. The molecule has 1 aliphatic rings. The van der Waals surface area contributed by atoms with E-state index >= 15 is 0 Å². The predicted octanol–water partition coefficient (Wildman–Crippen LogP) is 2.18. The Kier molecular flexibility index (Phi) is 4.61. The smallest absolute Gasteiger partial charge is 0.222 e. The Morgan fingerprint density at radius 3 is 2.60 bits per heavy atom. The third kappa shape index (κ3) is 3.54. The monoisotopic (exact) mass is 208 g/mol. The molecule has 1 atom stereocenters. The van der Waals surface area contributed by atoms with E-state index in [1.807, 2.05) is 4.90 Å². The van der Waals surface area contributed by atoms with Crippen LogP contribution in [-0.4, -0.2) is 23.9 Å². The molecule has 84 valence electrons. The largest absolute Gasteiger partial charge is 0.343 e. The van der Waals surface area contributed by atoms with Gasteiger partial charge in [-0.15, -0.1) is 0 Å². The van der Waals surface area contributed by atoms with Crippen molar-refractivity contribution in [1.29, 1.82) is 5.26 Å². The van der Waals surface area contributed by atoms with Crippen molar-refractivity contribution in [2.45, 2.75) is 39.5 Å². The summed E-state index contributed by atoms with van der Waals surface area (Å²) in [5, 5.41) is 8.75. The van der Waals surface area contributed by atoms with Gasteiger partial charge in [0.05, 0.1) is 6.07 Å². The number of hydrogen-bond acceptors (Lipinski definition) is 2. The topological polar surface area (TPSA) is 44.1 Å². The van der Waals surface area contributed by atoms with Crippen LogP contribution < -0.4 is 0 Å². The van der Waals surface area contributed by atoms with Gasteiger partial charge in [-0.2, -0.15) is 5.26 Å². The van der Waals surface area contributed by atoms with E-state index in [9.17, 15) is 4.79 Å². The zero-order valence-corrected chi connectivity index (χ0v) is 9.70. The summed E-state index contributed by atoms with van der Waals surface area (Å²) in [5.74, 6) is 0.907. The van der Waals surface area contributed by atoms with Crippen LogP contribution in [0.5, 0.6) is 0 Å². The summed E-state index contributed by atoms with van der Waals surface area (Å²) >= 11 is 0. The second-order valence-corrected chi connectivity index (χ2v) is 4.50. The molecule has 0 saturated carbocycles. The molecule has 1 rings (SSSR count). The fourth-order valence-electron chi connectivity index (χ4n) is 1.83. The minimum Gasteiger partial charge on any atom is -0.343 e. The maximum absolute atomic E-state index is 11.8. The first-order valence-corrected chi connectivity index (χ1v) is 5.84. The Bertz CT molecular complexity index is 249. The lowest BCUT2D eigenvalue weighted by atomic mass is 9.97. The molecule has 0 aromatic rings. The average molecular weight is 208 g/mol. The molecular weight excluding hydrogens is 188 g/mol.